The third-order valence-corrected chi connectivity index (χ3v) is 7.19. The number of hydrogen-bond acceptors (Lipinski definition) is 4. The van der Waals surface area contributed by atoms with E-state index in [-0.39, 0.29) is 17.5 Å². The van der Waals surface area contributed by atoms with Crippen LogP contribution in [-0.2, 0) is 10.3 Å². The van der Waals surface area contributed by atoms with Gasteiger partial charge >= 0.3 is 0 Å². The molecule has 158 valence electrons. The van der Waals surface area contributed by atoms with E-state index in [0.717, 1.165) is 42.4 Å². The first-order valence-electron chi connectivity index (χ1n) is 10.8. The van der Waals surface area contributed by atoms with Gasteiger partial charge in [-0.25, -0.2) is 9.84 Å². The van der Waals surface area contributed by atoms with Crippen LogP contribution in [-0.4, -0.2) is 29.4 Å². The van der Waals surface area contributed by atoms with Crippen LogP contribution in [0.2, 0.25) is 0 Å². The molecule has 2 spiro atoms. The fourth-order valence-electron chi connectivity index (χ4n) is 5.50. The van der Waals surface area contributed by atoms with Crippen molar-refractivity contribution in [2.24, 2.45) is 16.6 Å². The van der Waals surface area contributed by atoms with Crippen LogP contribution >= 0.6 is 0 Å². The molecule has 0 radical (unpaired) electrons. The van der Waals surface area contributed by atoms with Crippen molar-refractivity contribution >= 4 is 17.6 Å². The molecular formula is C25H26N4O2. The smallest absolute Gasteiger partial charge is 0.261 e. The summed E-state index contributed by atoms with van der Waals surface area (Å²) in [6.45, 7) is 9.52. The summed E-state index contributed by atoms with van der Waals surface area (Å²) in [5.74, 6) is 1.47. The Kier molecular flexibility index (Phi) is 4.33. The van der Waals surface area contributed by atoms with Crippen LogP contribution in [0.15, 0.2) is 47.5 Å². The summed E-state index contributed by atoms with van der Waals surface area (Å²) in [5, 5.41) is 0. The Morgan fingerprint density at radius 3 is 2.77 bits per heavy atom. The molecule has 2 N–H and O–H groups in total. The fraction of sp³-hybridized carbons (Fsp3) is 0.400. The van der Waals surface area contributed by atoms with E-state index in [1.165, 1.54) is 4.90 Å². The second-order valence-corrected chi connectivity index (χ2v) is 9.05. The average Bonchev–Trinajstić information content (AvgIpc) is 3.28. The van der Waals surface area contributed by atoms with Crippen LogP contribution < -0.4 is 10.5 Å². The lowest BCUT2D eigenvalue weighted by atomic mass is 9.74. The zero-order valence-corrected chi connectivity index (χ0v) is 17.9. The molecule has 2 aromatic rings. The van der Waals surface area contributed by atoms with Crippen LogP contribution in [0.1, 0.15) is 44.6 Å². The summed E-state index contributed by atoms with van der Waals surface area (Å²) in [5.41, 5.74) is 7.90. The minimum Gasteiger partial charge on any atom is -0.487 e. The predicted molar refractivity (Wildman–Crippen MR) is 120 cm³/mol. The van der Waals surface area contributed by atoms with Crippen LogP contribution in [0.5, 0.6) is 5.75 Å². The van der Waals surface area contributed by atoms with Crippen molar-refractivity contribution in [2.75, 3.05) is 7.05 Å². The van der Waals surface area contributed by atoms with Gasteiger partial charge in [-0.1, -0.05) is 37.6 Å². The molecular weight excluding hydrogens is 388 g/mol. The zero-order valence-electron chi connectivity index (χ0n) is 17.9. The summed E-state index contributed by atoms with van der Waals surface area (Å²) in [6, 6.07) is 13.4. The highest BCUT2D eigenvalue weighted by Crippen LogP contribution is 2.55. The molecule has 2 heterocycles. The van der Waals surface area contributed by atoms with Gasteiger partial charge in [0.05, 0.1) is 6.57 Å². The van der Waals surface area contributed by atoms with Gasteiger partial charge in [0.25, 0.3) is 5.91 Å². The van der Waals surface area contributed by atoms with Crippen LogP contribution in [0.3, 0.4) is 0 Å². The molecule has 1 fully saturated rings. The van der Waals surface area contributed by atoms with E-state index in [4.69, 9.17) is 22.0 Å². The molecule has 1 saturated carbocycles. The van der Waals surface area contributed by atoms with Crippen LogP contribution in [0.25, 0.3) is 16.0 Å². The van der Waals surface area contributed by atoms with Gasteiger partial charge < -0.3 is 10.5 Å². The second kappa shape index (κ2) is 6.84. The molecule has 31 heavy (non-hydrogen) atoms. The molecule has 3 aliphatic rings. The number of aliphatic imine (C=N–C) groups is 1. The van der Waals surface area contributed by atoms with Gasteiger partial charge in [-0.05, 0) is 54.5 Å². The number of nitrogens with zero attached hydrogens (tertiary/aromatic N) is 3. The van der Waals surface area contributed by atoms with E-state index in [1.807, 2.05) is 36.4 Å². The number of guanidine groups is 1. The Balaban J connectivity index is 1.66. The third kappa shape index (κ3) is 2.91. The lowest BCUT2D eigenvalue weighted by Gasteiger charge is -2.43. The maximum absolute atomic E-state index is 13.5. The molecule has 1 amide bonds. The number of rotatable bonds is 2. The number of benzene rings is 2. The first-order valence-corrected chi connectivity index (χ1v) is 10.8. The van der Waals surface area contributed by atoms with Crippen molar-refractivity contribution in [3.05, 3.63) is 59.4 Å². The zero-order chi connectivity index (χ0) is 21.8. The topological polar surface area (TPSA) is 72.3 Å². The molecule has 2 aliphatic heterocycles. The van der Waals surface area contributed by atoms with E-state index in [0.29, 0.717) is 23.8 Å². The molecule has 0 bridgehead atoms. The maximum atomic E-state index is 13.5. The van der Waals surface area contributed by atoms with Crippen molar-refractivity contribution in [3.63, 3.8) is 0 Å². The Hall–Kier alpha value is -3.33. The largest absolute Gasteiger partial charge is 0.487 e. The first kappa shape index (κ1) is 19.6. The van der Waals surface area contributed by atoms with E-state index in [1.54, 1.807) is 13.1 Å². The first-order chi connectivity index (χ1) is 14.9. The molecule has 5 rings (SSSR count). The Labute approximate surface area is 182 Å². The standard InChI is InChI=1S/C25H26N4O2/c1-4-16-10-11-24(14-16)15-25(22(30)29(3)23(26)28-25)20-13-18(8-9-21(20)31-24)17-6-5-7-19(12-17)27-2/h5-9,12-13,16H,4,10-11,14-15H2,1,3H3,(H2,26,28). The Morgan fingerprint density at radius 1 is 1.29 bits per heavy atom. The van der Waals surface area contributed by atoms with Gasteiger partial charge in [-0.15, -0.1) is 0 Å². The lowest BCUT2D eigenvalue weighted by molar-refractivity contribution is -0.134. The molecule has 3 unspecified atom stereocenters. The van der Waals surface area contributed by atoms with Crippen molar-refractivity contribution in [1.29, 1.82) is 0 Å². The van der Waals surface area contributed by atoms with E-state index < -0.39 is 5.54 Å². The van der Waals surface area contributed by atoms with Gasteiger partial charge in [0.2, 0.25) is 0 Å². The Morgan fingerprint density at radius 2 is 2.10 bits per heavy atom. The molecule has 1 aliphatic carbocycles. The normalized spacial score (nSPS) is 29.1. The highest BCUT2D eigenvalue weighted by molar-refractivity contribution is 6.07. The van der Waals surface area contributed by atoms with E-state index in [2.05, 4.69) is 11.8 Å². The highest BCUT2D eigenvalue weighted by Gasteiger charge is 2.59. The number of nitrogens with two attached hydrogens (primary N) is 1. The summed E-state index contributed by atoms with van der Waals surface area (Å²) in [7, 11) is 1.68. The minimum atomic E-state index is -1.05. The lowest BCUT2D eigenvalue weighted by Crippen LogP contribution is -2.50. The summed E-state index contributed by atoms with van der Waals surface area (Å²) in [6.07, 6.45) is 4.59. The number of ether oxygens (including phenoxy) is 1. The van der Waals surface area contributed by atoms with E-state index >= 15 is 0 Å². The number of amides is 1. The molecule has 6 heteroatoms. The van der Waals surface area contributed by atoms with Gasteiger partial charge in [-0.2, -0.15) is 0 Å². The Bertz CT molecular complexity index is 1150. The molecule has 3 atom stereocenters. The molecule has 2 aromatic carbocycles. The number of carbonyl (C=O) groups is 1. The van der Waals surface area contributed by atoms with Gasteiger partial charge in [0.1, 0.15) is 11.4 Å². The number of likely N-dealkylation sites (N-methyl/N-ethyl adjacent to an activating group) is 1. The summed E-state index contributed by atoms with van der Waals surface area (Å²) >= 11 is 0. The molecule has 0 aromatic heterocycles. The third-order valence-electron chi connectivity index (χ3n) is 7.19. The molecule has 0 saturated heterocycles. The van der Waals surface area contributed by atoms with Crippen molar-refractivity contribution in [3.8, 4) is 16.9 Å². The van der Waals surface area contributed by atoms with Crippen molar-refractivity contribution in [1.82, 2.24) is 4.90 Å². The predicted octanol–water partition coefficient (Wildman–Crippen LogP) is 4.62. The molecule has 6 nitrogen and oxygen atoms in total. The van der Waals surface area contributed by atoms with Crippen LogP contribution in [0.4, 0.5) is 5.69 Å². The number of fused-ring (bicyclic) bond motifs is 2. The fourth-order valence-corrected chi connectivity index (χ4v) is 5.50. The minimum absolute atomic E-state index is 0.0964. The SMILES string of the molecule is [C-]#[N+]c1cccc(-c2ccc3c(c2)C2(CC4(CCC(CC)C4)O3)N=C(N)N(C)C2=O)c1. The number of hydrogen-bond donors (Lipinski definition) is 1. The summed E-state index contributed by atoms with van der Waals surface area (Å²) < 4.78 is 6.62. The average molecular weight is 415 g/mol. The highest BCUT2D eigenvalue weighted by atomic mass is 16.5. The van der Waals surface area contributed by atoms with E-state index in [9.17, 15) is 4.79 Å². The monoisotopic (exact) mass is 414 g/mol. The second-order valence-electron chi connectivity index (χ2n) is 9.05. The van der Waals surface area contributed by atoms with Crippen molar-refractivity contribution in [2.45, 2.75) is 50.2 Å². The van der Waals surface area contributed by atoms with Crippen LogP contribution in [0, 0.1) is 12.5 Å². The number of carbonyl (C=O) groups excluding carboxylic acids is 1. The van der Waals surface area contributed by atoms with Gasteiger partial charge in [0.15, 0.2) is 17.2 Å². The van der Waals surface area contributed by atoms with Crippen molar-refractivity contribution < 1.29 is 9.53 Å². The quantitative estimate of drug-likeness (QED) is 0.729. The van der Waals surface area contributed by atoms with Gasteiger partial charge in [-0.3, -0.25) is 9.69 Å². The summed E-state index contributed by atoms with van der Waals surface area (Å²) in [4.78, 5) is 23.3. The maximum Gasteiger partial charge on any atom is 0.261 e. The van der Waals surface area contributed by atoms with Gasteiger partial charge in [0, 0.05) is 19.0 Å².